The van der Waals surface area contributed by atoms with E-state index in [2.05, 4.69) is 20.3 Å². The van der Waals surface area contributed by atoms with Gasteiger partial charge in [-0.3, -0.25) is 9.55 Å². The van der Waals surface area contributed by atoms with E-state index in [1.165, 1.54) is 0 Å². The van der Waals surface area contributed by atoms with Crippen LogP contribution in [-0.4, -0.2) is 45.7 Å². The van der Waals surface area contributed by atoms with E-state index in [4.69, 9.17) is 14.0 Å². The number of aromatic nitrogens is 5. The molecule has 0 atom stereocenters. The summed E-state index contributed by atoms with van der Waals surface area (Å²) >= 11 is 1.55. The minimum absolute atomic E-state index is 0.563. The smallest absolute Gasteiger partial charge is 0.192 e. The van der Waals surface area contributed by atoms with Crippen LogP contribution in [0, 0.1) is 0 Å². The van der Waals surface area contributed by atoms with E-state index < -0.39 is 0 Å². The van der Waals surface area contributed by atoms with Crippen molar-refractivity contribution >= 4 is 11.8 Å². The quantitative estimate of drug-likeness (QED) is 0.374. The molecule has 8 nitrogen and oxygen atoms in total. The van der Waals surface area contributed by atoms with Gasteiger partial charge in [-0.2, -0.15) is 0 Å². The fourth-order valence-corrected chi connectivity index (χ4v) is 3.75. The Balaban J connectivity index is 1.49. The van der Waals surface area contributed by atoms with Crippen molar-refractivity contribution in [2.75, 3.05) is 20.8 Å². The lowest BCUT2D eigenvalue weighted by atomic mass is 10.1. The lowest BCUT2D eigenvalue weighted by Gasteiger charge is -2.09. The number of ether oxygens (including phenoxy) is 2. The lowest BCUT2D eigenvalue weighted by Crippen LogP contribution is -2.07. The van der Waals surface area contributed by atoms with Crippen molar-refractivity contribution in [1.82, 2.24) is 24.9 Å². The maximum Gasteiger partial charge on any atom is 0.192 e. The van der Waals surface area contributed by atoms with Crippen molar-refractivity contribution in [3.63, 3.8) is 0 Å². The van der Waals surface area contributed by atoms with Crippen LogP contribution in [0.2, 0.25) is 0 Å². The van der Waals surface area contributed by atoms with Crippen LogP contribution >= 0.6 is 11.8 Å². The Labute approximate surface area is 178 Å². The van der Waals surface area contributed by atoms with Crippen LogP contribution in [0.3, 0.4) is 0 Å². The van der Waals surface area contributed by atoms with Crippen LogP contribution < -0.4 is 4.74 Å². The van der Waals surface area contributed by atoms with Gasteiger partial charge in [-0.25, -0.2) is 0 Å². The molecule has 1 aromatic carbocycles. The fraction of sp³-hybridized carbons (Fsp3) is 0.238. The Morgan fingerprint density at radius 1 is 1.00 bits per heavy atom. The van der Waals surface area contributed by atoms with Gasteiger partial charge in [0.15, 0.2) is 11.0 Å². The van der Waals surface area contributed by atoms with Crippen LogP contribution in [0.25, 0.3) is 22.6 Å². The predicted molar refractivity (Wildman–Crippen MR) is 113 cm³/mol. The number of hydrogen-bond acceptors (Lipinski definition) is 8. The summed E-state index contributed by atoms with van der Waals surface area (Å²) in [6.07, 6.45) is 3.49. The number of benzene rings is 1. The van der Waals surface area contributed by atoms with E-state index >= 15 is 0 Å². The molecule has 0 saturated heterocycles. The molecule has 0 aliphatic rings. The normalized spacial score (nSPS) is 11.0. The maximum absolute atomic E-state index is 5.52. The molecule has 0 saturated carbocycles. The van der Waals surface area contributed by atoms with Crippen LogP contribution in [0.15, 0.2) is 64.5 Å². The SMILES string of the molecule is COCCn1c(SCc2cc(-c3ccc(OC)cc3)no2)nnc1-c1ccncc1. The molecule has 0 N–H and O–H groups in total. The van der Waals surface area contributed by atoms with E-state index in [0.717, 1.165) is 39.3 Å². The maximum atomic E-state index is 5.52. The second-order valence-electron chi connectivity index (χ2n) is 6.38. The van der Waals surface area contributed by atoms with Gasteiger partial charge in [0.1, 0.15) is 17.2 Å². The highest BCUT2D eigenvalue weighted by Crippen LogP contribution is 2.28. The molecule has 0 aliphatic heterocycles. The van der Waals surface area contributed by atoms with E-state index in [9.17, 15) is 0 Å². The molecule has 0 radical (unpaired) electrons. The van der Waals surface area contributed by atoms with Crippen LogP contribution in [0.4, 0.5) is 0 Å². The molecular formula is C21H21N5O3S. The van der Waals surface area contributed by atoms with Crippen LogP contribution in [-0.2, 0) is 17.0 Å². The number of thioether (sulfide) groups is 1. The minimum atomic E-state index is 0.563. The van der Waals surface area contributed by atoms with Gasteiger partial charge in [-0.05, 0) is 36.4 Å². The Morgan fingerprint density at radius 3 is 2.53 bits per heavy atom. The first-order valence-corrected chi connectivity index (χ1v) is 10.3. The standard InChI is InChI=1S/C21H21N5O3S/c1-27-12-11-26-20(16-7-9-22-10-8-16)23-24-21(26)30-14-18-13-19(25-29-18)15-3-5-17(28-2)6-4-15/h3-10,13H,11-12,14H2,1-2H3. The highest BCUT2D eigenvalue weighted by molar-refractivity contribution is 7.98. The number of pyridine rings is 1. The molecule has 3 heterocycles. The number of rotatable bonds is 9. The highest BCUT2D eigenvalue weighted by Gasteiger charge is 2.16. The average Bonchev–Trinajstić information content (AvgIpc) is 3.44. The topological polar surface area (TPSA) is 88.1 Å². The molecule has 0 aliphatic carbocycles. The number of hydrogen-bond donors (Lipinski definition) is 0. The summed E-state index contributed by atoms with van der Waals surface area (Å²) in [5.41, 5.74) is 2.72. The highest BCUT2D eigenvalue weighted by atomic mass is 32.2. The van der Waals surface area contributed by atoms with E-state index in [1.807, 2.05) is 47.0 Å². The Bertz CT molecular complexity index is 1080. The molecule has 154 valence electrons. The van der Waals surface area contributed by atoms with Crippen molar-refractivity contribution in [2.24, 2.45) is 0 Å². The molecule has 0 unspecified atom stereocenters. The third-order valence-corrected chi connectivity index (χ3v) is 5.45. The van der Waals surface area contributed by atoms with Gasteiger partial charge in [0, 0.05) is 36.7 Å². The number of nitrogens with zero attached hydrogens (tertiary/aromatic N) is 5. The zero-order valence-corrected chi connectivity index (χ0v) is 17.5. The molecule has 0 amide bonds. The van der Waals surface area contributed by atoms with Crippen molar-refractivity contribution < 1.29 is 14.0 Å². The molecule has 4 aromatic rings. The number of methoxy groups -OCH3 is 2. The molecule has 0 bridgehead atoms. The summed E-state index contributed by atoms with van der Waals surface area (Å²) in [5, 5.41) is 13.7. The molecule has 3 aromatic heterocycles. The largest absolute Gasteiger partial charge is 0.497 e. The molecule has 4 rings (SSSR count). The summed E-state index contributed by atoms with van der Waals surface area (Å²) in [7, 11) is 3.32. The van der Waals surface area contributed by atoms with E-state index in [-0.39, 0.29) is 0 Å². The van der Waals surface area contributed by atoms with Crippen molar-refractivity contribution in [3.05, 3.63) is 60.6 Å². The first kappa shape index (κ1) is 20.1. The molecule has 0 fully saturated rings. The Kier molecular flexibility index (Phi) is 6.41. The predicted octanol–water partition coefficient (Wildman–Crippen LogP) is 3.94. The van der Waals surface area contributed by atoms with Gasteiger partial charge in [0.25, 0.3) is 0 Å². The fourth-order valence-electron chi connectivity index (χ4n) is 2.91. The van der Waals surface area contributed by atoms with Gasteiger partial charge in [0.05, 0.1) is 26.0 Å². The Morgan fingerprint density at radius 2 is 1.80 bits per heavy atom. The second kappa shape index (κ2) is 9.55. The van der Waals surface area contributed by atoms with Crippen LogP contribution in [0.5, 0.6) is 5.75 Å². The van der Waals surface area contributed by atoms with Crippen LogP contribution in [0.1, 0.15) is 5.76 Å². The third kappa shape index (κ3) is 4.52. The van der Waals surface area contributed by atoms with Gasteiger partial charge in [0.2, 0.25) is 0 Å². The van der Waals surface area contributed by atoms with E-state index in [0.29, 0.717) is 18.9 Å². The average molecular weight is 423 g/mol. The summed E-state index contributed by atoms with van der Waals surface area (Å²) < 4.78 is 18.0. The Hall–Kier alpha value is -3.17. The van der Waals surface area contributed by atoms with Crippen molar-refractivity contribution in [1.29, 1.82) is 0 Å². The molecule has 0 spiro atoms. The van der Waals surface area contributed by atoms with Gasteiger partial charge < -0.3 is 14.0 Å². The zero-order chi connectivity index (χ0) is 20.8. The third-order valence-electron chi connectivity index (χ3n) is 4.46. The minimum Gasteiger partial charge on any atom is -0.497 e. The lowest BCUT2D eigenvalue weighted by molar-refractivity contribution is 0.185. The van der Waals surface area contributed by atoms with Crippen molar-refractivity contribution in [2.45, 2.75) is 17.5 Å². The van der Waals surface area contributed by atoms with Gasteiger partial charge in [-0.15, -0.1) is 10.2 Å². The summed E-state index contributed by atoms with van der Waals surface area (Å²) in [6, 6.07) is 13.5. The first-order chi connectivity index (χ1) is 14.8. The summed E-state index contributed by atoms with van der Waals surface area (Å²) in [4.78, 5) is 4.07. The summed E-state index contributed by atoms with van der Waals surface area (Å²) in [6.45, 7) is 1.21. The first-order valence-electron chi connectivity index (χ1n) is 9.34. The zero-order valence-electron chi connectivity index (χ0n) is 16.7. The second-order valence-corrected chi connectivity index (χ2v) is 7.32. The monoisotopic (exact) mass is 423 g/mol. The van der Waals surface area contributed by atoms with E-state index in [1.54, 1.807) is 38.4 Å². The van der Waals surface area contributed by atoms with Gasteiger partial charge >= 0.3 is 0 Å². The summed E-state index contributed by atoms with van der Waals surface area (Å²) in [5.74, 6) is 2.94. The molecule has 9 heteroatoms. The van der Waals surface area contributed by atoms with Gasteiger partial charge in [-0.1, -0.05) is 16.9 Å². The van der Waals surface area contributed by atoms with Crippen molar-refractivity contribution in [3.8, 4) is 28.4 Å². The molecular weight excluding hydrogens is 402 g/mol. The molecule has 30 heavy (non-hydrogen) atoms.